The van der Waals surface area contributed by atoms with E-state index in [1.54, 1.807) is 35.7 Å². The van der Waals surface area contributed by atoms with Crippen LogP contribution in [0.15, 0.2) is 35.2 Å². The molecule has 0 saturated heterocycles. The molecule has 0 fully saturated rings. The Balaban J connectivity index is 2.92. The van der Waals surface area contributed by atoms with Gasteiger partial charge in [-0.3, -0.25) is 0 Å². The lowest BCUT2D eigenvalue weighted by Gasteiger charge is -2.09. The zero-order chi connectivity index (χ0) is 12.0. The summed E-state index contributed by atoms with van der Waals surface area (Å²) in [5.74, 6) is 1.05. The lowest BCUT2D eigenvalue weighted by Crippen LogP contribution is -2.19. The molecule has 1 rings (SSSR count). The van der Waals surface area contributed by atoms with Crippen LogP contribution in [0.5, 0.6) is 0 Å². The van der Waals surface area contributed by atoms with Gasteiger partial charge in [0, 0.05) is 5.88 Å². The maximum Gasteiger partial charge on any atom is 0.249 e. The minimum absolute atomic E-state index is 0.281. The second kappa shape index (κ2) is 6.39. The fourth-order valence-corrected chi connectivity index (χ4v) is 4.69. The Labute approximate surface area is 104 Å². The molecule has 1 aromatic carbocycles. The summed E-state index contributed by atoms with van der Waals surface area (Å²) in [6, 6.07) is 8.32. The van der Waals surface area contributed by atoms with E-state index in [1.807, 2.05) is 6.92 Å². The summed E-state index contributed by atoms with van der Waals surface area (Å²) in [4.78, 5) is 0.281. The minimum Gasteiger partial charge on any atom is -0.206 e. The van der Waals surface area contributed by atoms with Gasteiger partial charge in [0.15, 0.2) is 0 Å². The number of nitrogens with one attached hydrogen (secondary N) is 1. The molecular weight excluding hydrogens is 266 g/mol. The Morgan fingerprint density at radius 3 is 2.50 bits per heavy atom. The number of hydrogen-bond donors (Lipinski definition) is 1. The summed E-state index contributed by atoms with van der Waals surface area (Å²) >= 11 is 5.57. The predicted molar refractivity (Wildman–Crippen MR) is 71.7 cm³/mol. The molecule has 90 valence electrons. The van der Waals surface area contributed by atoms with Gasteiger partial charge in [-0.1, -0.05) is 25.1 Å². The molecule has 1 aromatic rings. The van der Waals surface area contributed by atoms with Gasteiger partial charge in [-0.2, -0.15) is 4.13 Å². The van der Waals surface area contributed by atoms with Crippen molar-refractivity contribution in [2.75, 3.05) is 11.6 Å². The highest BCUT2D eigenvalue weighted by Gasteiger charge is 2.13. The molecule has 0 bridgehead atoms. The zero-order valence-corrected chi connectivity index (χ0v) is 11.3. The summed E-state index contributed by atoms with van der Waals surface area (Å²) in [5.41, 5.74) is 0. The maximum atomic E-state index is 11.9. The van der Waals surface area contributed by atoms with E-state index in [9.17, 15) is 8.42 Å². The van der Waals surface area contributed by atoms with Gasteiger partial charge in [0.1, 0.15) is 0 Å². The van der Waals surface area contributed by atoms with Crippen molar-refractivity contribution >= 4 is 37.7 Å². The monoisotopic (exact) mass is 279 g/mol. The lowest BCUT2D eigenvalue weighted by molar-refractivity contribution is 0.594. The molecule has 0 aliphatic heterocycles. The van der Waals surface area contributed by atoms with Crippen molar-refractivity contribution < 1.29 is 8.42 Å². The van der Waals surface area contributed by atoms with Crippen LogP contribution in [0.1, 0.15) is 6.92 Å². The first-order valence-corrected chi connectivity index (χ1v) is 8.24. The number of benzene rings is 1. The molecule has 0 saturated carbocycles. The third kappa shape index (κ3) is 3.90. The molecule has 16 heavy (non-hydrogen) atoms. The van der Waals surface area contributed by atoms with Crippen molar-refractivity contribution in [3.63, 3.8) is 0 Å². The number of halogens is 1. The van der Waals surface area contributed by atoms with Crippen LogP contribution in [0.25, 0.3) is 0 Å². The Bertz CT molecular complexity index is 457. The summed E-state index contributed by atoms with van der Waals surface area (Å²) in [7, 11) is -3.92. The Morgan fingerprint density at radius 1 is 1.38 bits per heavy atom. The molecule has 0 radical (unpaired) electrons. The zero-order valence-electron chi connectivity index (χ0n) is 8.89. The van der Waals surface area contributed by atoms with Crippen molar-refractivity contribution in [2.45, 2.75) is 11.8 Å². The fraction of sp³-hybridized carbons (Fsp3) is 0.300. The number of alkyl halides is 1. The van der Waals surface area contributed by atoms with E-state index in [0.717, 1.165) is 0 Å². The Morgan fingerprint density at radius 2 is 2.00 bits per heavy atom. The first kappa shape index (κ1) is 13.7. The van der Waals surface area contributed by atoms with Crippen molar-refractivity contribution in [2.24, 2.45) is 0 Å². The molecule has 0 amide bonds. The Kier molecular flexibility index (Phi) is 5.48. The van der Waals surface area contributed by atoms with Crippen molar-refractivity contribution in [3.8, 4) is 0 Å². The number of sulfonamides is 1. The van der Waals surface area contributed by atoms with Crippen molar-refractivity contribution in [1.82, 2.24) is 4.13 Å². The van der Waals surface area contributed by atoms with E-state index in [-0.39, 0.29) is 4.90 Å². The van der Waals surface area contributed by atoms with Crippen LogP contribution in [0.3, 0.4) is 0 Å². The molecule has 3 nitrogen and oxygen atoms in total. The largest absolute Gasteiger partial charge is 0.249 e. The SMILES string of the molecule is CCS(=CCCl)NS(=O)(=O)c1ccccc1. The topological polar surface area (TPSA) is 46.2 Å². The second-order valence-corrected chi connectivity index (χ2v) is 7.16. The first-order valence-electron chi connectivity index (χ1n) is 4.76. The van der Waals surface area contributed by atoms with E-state index >= 15 is 0 Å². The molecule has 0 aliphatic carbocycles. The minimum atomic E-state index is -3.42. The van der Waals surface area contributed by atoms with E-state index < -0.39 is 20.7 Å². The summed E-state index contributed by atoms with van der Waals surface area (Å²) in [6.45, 7) is 1.92. The van der Waals surface area contributed by atoms with E-state index in [2.05, 4.69) is 4.13 Å². The van der Waals surface area contributed by atoms with Gasteiger partial charge in [-0.15, -0.1) is 22.3 Å². The van der Waals surface area contributed by atoms with Crippen LogP contribution in [0.4, 0.5) is 0 Å². The molecule has 1 unspecified atom stereocenters. The van der Waals surface area contributed by atoms with Crippen molar-refractivity contribution in [1.29, 1.82) is 0 Å². The Hall–Kier alpha value is -0.360. The van der Waals surface area contributed by atoms with Crippen LogP contribution in [-0.2, 0) is 10.0 Å². The molecule has 6 heteroatoms. The standard InChI is InChI=1S/C10H14ClNO2S2/c1-2-15(9-8-11)12-16(13,14)10-6-4-3-5-7-10/h3-7,9,12H,2,8H2,1H3. The number of rotatable bonds is 5. The van der Waals surface area contributed by atoms with Crippen LogP contribution in [0, 0.1) is 0 Å². The highest BCUT2D eigenvalue weighted by atomic mass is 35.5. The average molecular weight is 280 g/mol. The summed E-state index contributed by atoms with van der Waals surface area (Å²) < 4.78 is 26.4. The van der Waals surface area contributed by atoms with Crippen LogP contribution in [-0.4, -0.2) is 25.4 Å². The molecule has 1 atom stereocenters. The number of hydrogen-bond acceptors (Lipinski definition) is 2. The highest BCUT2D eigenvalue weighted by Crippen LogP contribution is 2.14. The lowest BCUT2D eigenvalue weighted by atomic mass is 10.4. The summed E-state index contributed by atoms with van der Waals surface area (Å²) in [6.07, 6.45) is 0. The second-order valence-electron chi connectivity index (χ2n) is 2.94. The van der Waals surface area contributed by atoms with Gasteiger partial charge < -0.3 is 0 Å². The third-order valence-electron chi connectivity index (χ3n) is 1.85. The molecular formula is C10H14ClNO2S2. The molecule has 0 spiro atoms. The maximum absolute atomic E-state index is 11.9. The molecule has 0 aromatic heterocycles. The average Bonchev–Trinajstić information content (AvgIpc) is 2.29. The fourth-order valence-electron chi connectivity index (χ4n) is 1.08. The first-order chi connectivity index (χ1) is 7.60. The molecule has 0 heterocycles. The van der Waals surface area contributed by atoms with Crippen molar-refractivity contribution in [3.05, 3.63) is 30.3 Å². The quantitative estimate of drug-likeness (QED) is 0.663. The molecule has 1 N–H and O–H groups in total. The normalized spacial score (nSPS) is 13.9. The van der Waals surface area contributed by atoms with E-state index in [1.165, 1.54) is 0 Å². The summed E-state index contributed by atoms with van der Waals surface area (Å²) in [5, 5.41) is 1.77. The van der Waals surface area contributed by atoms with Gasteiger partial charge in [-0.25, -0.2) is 8.42 Å². The third-order valence-corrected chi connectivity index (χ3v) is 6.00. The van der Waals surface area contributed by atoms with Gasteiger partial charge in [-0.05, 0) is 23.3 Å². The van der Waals surface area contributed by atoms with E-state index in [4.69, 9.17) is 11.6 Å². The van der Waals surface area contributed by atoms with Gasteiger partial charge in [0.05, 0.1) is 4.90 Å². The van der Waals surface area contributed by atoms with Gasteiger partial charge >= 0.3 is 0 Å². The van der Waals surface area contributed by atoms with Gasteiger partial charge in [0.2, 0.25) is 10.0 Å². The smallest absolute Gasteiger partial charge is 0.206 e. The van der Waals surface area contributed by atoms with Crippen LogP contribution < -0.4 is 4.13 Å². The van der Waals surface area contributed by atoms with Crippen LogP contribution in [0.2, 0.25) is 0 Å². The molecule has 0 aliphatic rings. The van der Waals surface area contributed by atoms with Crippen LogP contribution >= 0.6 is 22.3 Å². The van der Waals surface area contributed by atoms with Gasteiger partial charge in [0.25, 0.3) is 0 Å². The van der Waals surface area contributed by atoms with E-state index in [0.29, 0.717) is 11.6 Å². The highest BCUT2D eigenvalue weighted by molar-refractivity contribution is 8.20. The predicted octanol–water partition coefficient (Wildman–Crippen LogP) is 2.21.